The van der Waals surface area contributed by atoms with Gasteiger partial charge in [0.2, 0.25) is 0 Å². The summed E-state index contributed by atoms with van der Waals surface area (Å²) in [4.78, 5) is 0. The Morgan fingerprint density at radius 2 is 0.659 bits per heavy atom. The normalized spacial score (nSPS) is 11.1. The number of benzene rings is 6. The highest BCUT2D eigenvalue weighted by Crippen LogP contribution is 2.44. The van der Waals surface area contributed by atoms with Gasteiger partial charge in [-0.3, -0.25) is 0 Å². The zero-order chi connectivity index (χ0) is 28.0. The smallest absolute Gasteiger partial charge is 0.0147 e. The Morgan fingerprint density at radius 3 is 0.951 bits per heavy atom. The van der Waals surface area contributed by atoms with Crippen molar-refractivity contribution in [2.75, 3.05) is 0 Å². The SMILES string of the molecule is Cc1ccc([N-]c2ccc(C)cc2P(c2ccccc2)c2ccccc2)c(P(c2ccccc2)c2ccccc2)c1. The highest BCUT2D eigenvalue weighted by molar-refractivity contribution is 7.80. The third kappa shape index (κ3) is 6.18. The maximum atomic E-state index is 5.50. The average Bonchev–Trinajstić information content (AvgIpc) is 3.02. The standard InChI is InChI=1S/C38H32NP2/c1-29-23-25-35(37(27-29)40(31-15-7-3-8-16-31)32-17-9-4-10-18-32)39-36-26-24-30(2)28-38(36)41(33-19-11-5-12-20-33)34-21-13-6-14-22-34/h3-28H,1-2H3/q-1. The number of hydrogen-bond acceptors (Lipinski definition) is 0. The predicted octanol–water partition coefficient (Wildman–Crippen LogP) is 8.16. The van der Waals surface area contributed by atoms with Crippen LogP contribution in [0.5, 0.6) is 0 Å². The van der Waals surface area contributed by atoms with E-state index in [-0.39, 0.29) is 0 Å². The summed E-state index contributed by atoms with van der Waals surface area (Å²) in [5.41, 5.74) is 4.57. The molecule has 0 heterocycles. The Morgan fingerprint density at radius 1 is 0.366 bits per heavy atom. The molecule has 6 aromatic rings. The molecule has 1 nitrogen and oxygen atoms in total. The fraction of sp³-hybridized carbons (Fsp3) is 0.0526. The average molecular weight is 565 g/mol. The van der Waals surface area contributed by atoms with Crippen LogP contribution in [0.3, 0.4) is 0 Å². The number of hydrogen-bond donors (Lipinski definition) is 0. The lowest BCUT2D eigenvalue weighted by Crippen LogP contribution is -2.22. The van der Waals surface area contributed by atoms with Crippen molar-refractivity contribution in [2.45, 2.75) is 13.8 Å². The van der Waals surface area contributed by atoms with Gasteiger partial charge in [0.15, 0.2) is 0 Å². The van der Waals surface area contributed by atoms with Crippen LogP contribution in [0.25, 0.3) is 5.32 Å². The molecule has 0 bridgehead atoms. The summed E-state index contributed by atoms with van der Waals surface area (Å²) in [5, 5.41) is 13.4. The molecule has 3 heteroatoms. The molecule has 0 aromatic heterocycles. The van der Waals surface area contributed by atoms with Crippen LogP contribution in [0.15, 0.2) is 158 Å². The van der Waals surface area contributed by atoms with Crippen molar-refractivity contribution >= 4 is 59.0 Å². The van der Waals surface area contributed by atoms with Gasteiger partial charge in [0.25, 0.3) is 0 Å². The molecule has 0 N–H and O–H groups in total. The molecule has 0 saturated heterocycles. The molecule has 0 amide bonds. The summed E-state index contributed by atoms with van der Waals surface area (Å²) in [5.74, 6) is 0. The number of aryl methyl sites for hydroxylation is 2. The minimum Gasteiger partial charge on any atom is -0.657 e. The molecule has 0 saturated carbocycles. The van der Waals surface area contributed by atoms with E-state index in [1.165, 1.54) is 43.0 Å². The third-order valence-electron chi connectivity index (χ3n) is 7.04. The third-order valence-corrected chi connectivity index (χ3v) is 12.0. The van der Waals surface area contributed by atoms with Crippen LogP contribution in [0.4, 0.5) is 11.4 Å². The first-order chi connectivity index (χ1) is 20.2. The van der Waals surface area contributed by atoms with Gasteiger partial charge in [0, 0.05) is 0 Å². The van der Waals surface area contributed by atoms with E-state index in [2.05, 4.69) is 172 Å². The largest absolute Gasteiger partial charge is 0.657 e. The summed E-state index contributed by atoms with van der Waals surface area (Å²) < 4.78 is 0. The Labute approximate surface area is 246 Å². The second-order valence-corrected chi connectivity index (χ2v) is 14.5. The first-order valence-corrected chi connectivity index (χ1v) is 16.6. The van der Waals surface area contributed by atoms with E-state index < -0.39 is 15.8 Å². The van der Waals surface area contributed by atoms with E-state index in [4.69, 9.17) is 5.32 Å². The van der Waals surface area contributed by atoms with Crippen LogP contribution in [0.1, 0.15) is 11.1 Å². The summed E-state index contributed by atoms with van der Waals surface area (Å²) >= 11 is 0. The molecular formula is C38H32NP2-. The van der Waals surface area contributed by atoms with Gasteiger partial charge in [0.05, 0.1) is 0 Å². The van der Waals surface area contributed by atoms with Gasteiger partial charge in [-0.05, 0) is 61.5 Å². The van der Waals surface area contributed by atoms with E-state index in [0.29, 0.717) is 0 Å². The zero-order valence-electron chi connectivity index (χ0n) is 23.4. The Hall–Kier alpha value is -4.02. The van der Waals surface area contributed by atoms with Crippen molar-refractivity contribution in [3.8, 4) is 0 Å². The Bertz CT molecular complexity index is 1510. The highest BCUT2D eigenvalue weighted by atomic mass is 31.1. The van der Waals surface area contributed by atoms with Crippen molar-refractivity contribution < 1.29 is 0 Å². The second kappa shape index (κ2) is 12.7. The molecule has 0 aliphatic carbocycles. The topological polar surface area (TPSA) is 14.1 Å². The Kier molecular flexibility index (Phi) is 8.39. The molecule has 6 aromatic carbocycles. The molecule has 0 unspecified atom stereocenters. The van der Waals surface area contributed by atoms with E-state index >= 15 is 0 Å². The van der Waals surface area contributed by atoms with Crippen LogP contribution >= 0.6 is 15.8 Å². The lowest BCUT2D eigenvalue weighted by Gasteiger charge is -2.34. The van der Waals surface area contributed by atoms with Gasteiger partial charge >= 0.3 is 0 Å². The lowest BCUT2D eigenvalue weighted by atomic mass is 10.2. The van der Waals surface area contributed by atoms with E-state index in [9.17, 15) is 0 Å². The molecule has 200 valence electrons. The van der Waals surface area contributed by atoms with Crippen molar-refractivity contribution in [2.24, 2.45) is 0 Å². The van der Waals surface area contributed by atoms with Crippen molar-refractivity contribution in [3.63, 3.8) is 0 Å². The van der Waals surface area contributed by atoms with Gasteiger partial charge < -0.3 is 5.32 Å². The predicted molar refractivity (Wildman–Crippen MR) is 182 cm³/mol. The van der Waals surface area contributed by atoms with E-state index in [0.717, 1.165) is 11.4 Å². The summed E-state index contributed by atoms with van der Waals surface area (Å²) in [7, 11) is -1.57. The van der Waals surface area contributed by atoms with Crippen molar-refractivity contribution in [1.29, 1.82) is 0 Å². The molecule has 0 aliphatic heterocycles. The minimum absolute atomic E-state index is 0.786. The molecule has 0 atom stereocenters. The molecule has 0 fully saturated rings. The van der Waals surface area contributed by atoms with Gasteiger partial charge in [0.1, 0.15) is 0 Å². The van der Waals surface area contributed by atoms with Gasteiger partial charge in [-0.25, -0.2) is 0 Å². The van der Waals surface area contributed by atoms with E-state index in [1.807, 2.05) is 0 Å². The van der Waals surface area contributed by atoms with Gasteiger partial charge in [-0.15, -0.1) is 11.4 Å². The summed E-state index contributed by atoms with van der Waals surface area (Å²) in [6.45, 7) is 4.36. The summed E-state index contributed by atoms with van der Waals surface area (Å²) in [6.07, 6.45) is 0. The highest BCUT2D eigenvalue weighted by Gasteiger charge is 2.20. The maximum absolute atomic E-state index is 5.50. The van der Waals surface area contributed by atoms with Crippen LogP contribution < -0.4 is 31.8 Å². The fourth-order valence-electron chi connectivity index (χ4n) is 5.11. The van der Waals surface area contributed by atoms with Crippen LogP contribution in [-0.2, 0) is 0 Å². The molecule has 0 aliphatic rings. The molecule has 6 rings (SSSR count). The van der Waals surface area contributed by atoms with Gasteiger partial charge in [-0.1, -0.05) is 169 Å². The van der Waals surface area contributed by atoms with E-state index in [1.54, 1.807) is 0 Å². The monoisotopic (exact) mass is 564 g/mol. The van der Waals surface area contributed by atoms with Gasteiger partial charge in [-0.2, -0.15) is 0 Å². The lowest BCUT2D eigenvalue weighted by molar-refractivity contribution is 1.48. The molecule has 0 spiro atoms. The quantitative estimate of drug-likeness (QED) is 0.166. The molecular weight excluding hydrogens is 532 g/mol. The minimum atomic E-state index is -0.786. The first-order valence-electron chi connectivity index (χ1n) is 13.9. The number of rotatable bonds is 8. The van der Waals surface area contributed by atoms with Crippen LogP contribution in [-0.4, -0.2) is 0 Å². The summed E-state index contributed by atoms with van der Waals surface area (Å²) in [6, 6.07) is 57.1. The van der Waals surface area contributed by atoms with Crippen LogP contribution in [0.2, 0.25) is 0 Å². The number of nitrogens with zero attached hydrogens (tertiary/aromatic N) is 1. The zero-order valence-corrected chi connectivity index (χ0v) is 25.1. The fourth-order valence-corrected chi connectivity index (χ4v) is 10.1. The Balaban J connectivity index is 1.51. The maximum Gasteiger partial charge on any atom is -0.0147 e. The molecule has 0 radical (unpaired) electrons. The van der Waals surface area contributed by atoms with Crippen molar-refractivity contribution in [1.82, 2.24) is 0 Å². The van der Waals surface area contributed by atoms with Crippen molar-refractivity contribution in [3.05, 3.63) is 174 Å². The first kappa shape index (κ1) is 27.2. The van der Waals surface area contributed by atoms with Crippen LogP contribution in [0, 0.1) is 13.8 Å². The molecule has 41 heavy (non-hydrogen) atoms. The second-order valence-electron chi connectivity index (χ2n) is 10.1.